The fourth-order valence-electron chi connectivity index (χ4n) is 4.44. The third kappa shape index (κ3) is 7.96. The van der Waals surface area contributed by atoms with Gasteiger partial charge in [0.25, 0.3) is 0 Å². The molecule has 27 heavy (non-hydrogen) atoms. The normalized spacial score (nSPS) is 26.2. The molecule has 0 aromatic rings. The van der Waals surface area contributed by atoms with Crippen LogP contribution in [0.3, 0.4) is 0 Å². The zero-order valence-electron chi connectivity index (χ0n) is 18.4. The van der Waals surface area contributed by atoms with Crippen LogP contribution in [-0.2, 0) is 4.74 Å². The average Bonchev–Trinajstić information content (AvgIpc) is 2.64. The van der Waals surface area contributed by atoms with E-state index in [4.69, 9.17) is 4.74 Å². The quantitative estimate of drug-likeness (QED) is 0.383. The van der Waals surface area contributed by atoms with E-state index in [9.17, 15) is 0 Å². The molecule has 2 rings (SSSR count). The molecular formula is C21H43N5O. The van der Waals surface area contributed by atoms with Crippen molar-refractivity contribution < 1.29 is 4.74 Å². The Morgan fingerprint density at radius 3 is 2.37 bits per heavy atom. The van der Waals surface area contributed by atoms with Crippen LogP contribution in [0.5, 0.6) is 0 Å². The van der Waals surface area contributed by atoms with E-state index in [0.29, 0.717) is 0 Å². The van der Waals surface area contributed by atoms with Crippen molar-refractivity contribution in [1.29, 1.82) is 0 Å². The van der Waals surface area contributed by atoms with Gasteiger partial charge < -0.3 is 20.3 Å². The van der Waals surface area contributed by atoms with Gasteiger partial charge in [-0.15, -0.1) is 0 Å². The summed E-state index contributed by atoms with van der Waals surface area (Å²) in [7, 11) is 1.85. The zero-order valence-corrected chi connectivity index (χ0v) is 18.4. The first-order chi connectivity index (χ1) is 12.9. The van der Waals surface area contributed by atoms with Crippen molar-refractivity contribution in [2.24, 2.45) is 16.8 Å². The summed E-state index contributed by atoms with van der Waals surface area (Å²) in [5.74, 6) is 2.62. The van der Waals surface area contributed by atoms with Gasteiger partial charge in [0.15, 0.2) is 5.96 Å². The van der Waals surface area contributed by atoms with E-state index in [1.807, 2.05) is 7.05 Å². The molecular weight excluding hydrogens is 338 g/mol. The second kappa shape index (κ2) is 11.2. The number of piperidine rings is 1. The highest BCUT2D eigenvalue weighted by molar-refractivity contribution is 5.79. The maximum atomic E-state index is 5.47. The predicted molar refractivity (Wildman–Crippen MR) is 114 cm³/mol. The van der Waals surface area contributed by atoms with E-state index >= 15 is 0 Å². The maximum absolute atomic E-state index is 5.47. The molecule has 0 aliphatic carbocycles. The van der Waals surface area contributed by atoms with Crippen LogP contribution in [0.1, 0.15) is 47.0 Å². The van der Waals surface area contributed by atoms with Gasteiger partial charge in [0.1, 0.15) is 0 Å². The van der Waals surface area contributed by atoms with Crippen LogP contribution >= 0.6 is 0 Å². The number of unbranched alkanes of at least 4 members (excludes halogenated alkanes) is 1. The number of likely N-dealkylation sites (tertiary alicyclic amines) is 1. The Bertz CT molecular complexity index is 438. The molecule has 0 saturated carbocycles. The minimum atomic E-state index is 0.100. The van der Waals surface area contributed by atoms with Crippen molar-refractivity contribution in [1.82, 2.24) is 20.4 Å². The van der Waals surface area contributed by atoms with E-state index in [1.165, 1.54) is 38.9 Å². The van der Waals surface area contributed by atoms with Gasteiger partial charge in [-0.05, 0) is 51.5 Å². The number of ether oxygens (including phenoxy) is 1. The first-order valence-electron chi connectivity index (χ1n) is 10.9. The number of hydrogen-bond donors (Lipinski definition) is 2. The lowest BCUT2D eigenvalue weighted by atomic mass is 9.92. The van der Waals surface area contributed by atoms with Gasteiger partial charge >= 0.3 is 0 Å². The molecule has 0 amide bonds. The highest BCUT2D eigenvalue weighted by Crippen LogP contribution is 2.21. The SMILES string of the molecule is CN=C(NCCCCN1CC(C)CC(C)C1)NCC(C)(C)N1CCOCC1. The third-order valence-electron chi connectivity index (χ3n) is 5.92. The van der Waals surface area contributed by atoms with E-state index in [1.54, 1.807) is 0 Å². The molecule has 0 aromatic heterocycles. The Hall–Kier alpha value is -0.850. The van der Waals surface area contributed by atoms with Crippen molar-refractivity contribution >= 4 is 5.96 Å². The van der Waals surface area contributed by atoms with Crippen LogP contribution in [0.4, 0.5) is 0 Å². The number of nitrogens with zero attached hydrogens (tertiary/aromatic N) is 3. The molecule has 6 heteroatoms. The molecule has 2 saturated heterocycles. The molecule has 2 N–H and O–H groups in total. The molecule has 2 atom stereocenters. The lowest BCUT2D eigenvalue weighted by Crippen LogP contribution is -2.56. The van der Waals surface area contributed by atoms with Crippen LogP contribution in [-0.4, -0.2) is 87.4 Å². The molecule has 0 radical (unpaired) electrons. The fraction of sp³-hybridized carbons (Fsp3) is 0.952. The number of nitrogens with one attached hydrogen (secondary N) is 2. The second-order valence-corrected chi connectivity index (χ2v) is 9.18. The Morgan fingerprint density at radius 2 is 1.74 bits per heavy atom. The minimum Gasteiger partial charge on any atom is -0.379 e. The summed E-state index contributed by atoms with van der Waals surface area (Å²) >= 11 is 0. The van der Waals surface area contributed by atoms with Crippen LogP contribution < -0.4 is 10.6 Å². The van der Waals surface area contributed by atoms with Crippen molar-refractivity contribution in [2.45, 2.75) is 52.5 Å². The van der Waals surface area contributed by atoms with Crippen LogP contribution in [0.25, 0.3) is 0 Å². The molecule has 0 spiro atoms. The molecule has 158 valence electrons. The van der Waals surface area contributed by atoms with E-state index < -0.39 is 0 Å². The first kappa shape index (κ1) is 22.4. The number of aliphatic imine (C=N–C) groups is 1. The molecule has 2 aliphatic rings. The van der Waals surface area contributed by atoms with Crippen LogP contribution in [0.2, 0.25) is 0 Å². The highest BCUT2D eigenvalue weighted by Gasteiger charge is 2.28. The molecule has 2 aliphatic heterocycles. The first-order valence-corrected chi connectivity index (χ1v) is 10.9. The highest BCUT2D eigenvalue weighted by atomic mass is 16.5. The summed E-state index contributed by atoms with van der Waals surface area (Å²) in [5, 5.41) is 6.98. The van der Waals surface area contributed by atoms with Gasteiger partial charge in [-0.1, -0.05) is 13.8 Å². The Morgan fingerprint density at radius 1 is 1.07 bits per heavy atom. The number of guanidine groups is 1. The van der Waals surface area contributed by atoms with Gasteiger partial charge in [0, 0.05) is 51.9 Å². The Balaban J connectivity index is 1.60. The summed E-state index contributed by atoms with van der Waals surface area (Å²) in [4.78, 5) is 9.53. The molecule has 0 aromatic carbocycles. The monoisotopic (exact) mass is 381 g/mol. The smallest absolute Gasteiger partial charge is 0.191 e. The Labute approximate surface area is 167 Å². The summed E-state index contributed by atoms with van der Waals surface area (Å²) in [6.45, 7) is 18.7. The topological polar surface area (TPSA) is 52.1 Å². The summed E-state index contributed by atoms with van der Waals surface area (Å²) in [6, 6.07) is 0. The van der Waals surface area contributed by atoms with Crippen molar-refractivity contribution in [3.63, 3.8) is 0 Å². The molecule has 2 unspecified atom stereocenters. The number of hydrogen-bond acceptors (Lipinski definition) is 4. The summed E-state index contributed by atoms with van der Waals surface area (Å²) in [5.41, 5.74) is 0.100. The summed E-state index contributed by atoms with van der Waals surface area (Å²) < 4.78 is 5.47. The van der Waals surface area contributed by atoms with Gasteiger partial charge in [-0.3, -0.25) is 9.89 Å². The molecule has 6 nitrogen and oxygen atoms in total. The van der Waals surface area contributed by atoms with E-state index in [2.05, 4.69) is 53.1 Å². The third-order valence-corrected chi connectivity index (χ3v) is 5.92. The zero-order chi connectivity index (χ0) is 19.7. The van der Waals surface area contributed by atoms with Gasteiger partial charge in [0.2, 0.25) is 0 Å². The fourth-order valence-corrected chi connectivity index (χ4v) is 4.44. The van der Waals surface area contributed by atoms with Gasteiger partial charge in [-0.25, -0.2) is 0 Å². The number of morpholine rings is 1. The largest absolute Gasteiger partial charge is 0.379 e. The molecule has 0 bridgehead atoms. The average molecular weight is 382 g/mol. The maximum Gasteiger partial charge on any atom is 0.191 e. The second-order valence-electron chi connectivity index (χ2n) is 9.18. The molecule has 2 heterocycles. The minimum absolute atomic E-state index is 0.100. The Kier molecular flexibility index (Phi) is 9.33. The standard InChI is InChI=1S/C21H43N5O/c1-18-14-19(2)16-25(15-18)9-7-6-8-23-20(22-5)24-17-21(3,4)26-10-12-27-13-11-26/h18-19H,6-17H2,1-5H3,(H2,22,23,24). The van der Waals surface area contributed by atoms with Gasteiger partial charge in [0.05, 0.1) is 13.2 Å². The predicted octanol–water partition coefficient (Wildman–Crippen LogP) is 2.02. The molecule has 2 fully saturated rings. The lowest BCUT2D eigenvalue weighted by molar-refractivity contribution is -0.00833. The van der Waals surface area contributed by atoms with E-state index in [0.717, 1.165) is 57.2 Å². The van der Waals surface area contributed by atoms with Crippen LogP contribution in [0, 0.1) is 11.8 Å². The van der Waals surface area contributed by atoms with Crippen molar-refractivity contribution in [3.05, 3.63) is 0 Å². The lowest BCUT2D eigenvalue weighted by Gasteiger charge is -2.41. The van der Waals surface area contributed by atoms with Gasteiger partial charge in [-0.2, -0.15) is 0 Å². The summed E-state index contributed by atoms with van der Waals surface area (Å²) in [6.07, 6.45) is 3.83. The van der Waals surface area contributed by atoms with Crippen molar-refractivity contribution in [2.75, 3.05) is 66.1 Å². The number of rotatable bonds is 8. The van der Waals surface area contributed by atoms with E-state index in [-0.39, 0.29) is 5.54 Å². The van der Waals surface area contributed by atoms with Crippen molar-refractivity contribution in [3.8, 4) is 0 Å². The van der Waals surface area contributed by atoms with Crippen LogP contribution in [0.15, 0.2) is 4.99 Å².